The second-order valence-electron chi connectivity index (χ2n) is 7.09. The van der Waals surface area contributed by atoms with Crippen molar-refractivity contribution >= 4 is 31.4 Å². The number of fused-ring (bicyclic) bond motifs is 1. The van der Waals surface area contributed by atoms with Crippen LogP contribution in [0.1, 0.15) is 28.7 Å². The molecule has 0 saturated heterocycles. The fraction of sp³-hybridized carbons (Fsp3) is 0.368. The summed E-state index contributed by atoms with van der Waals surface area (Å²) in [6.45, 7) is 5.92. The van der Waals surface area contributed by atoms with E-state index < -0.39 is 20.0 Å². The van der Waals surface area contributed by atoms with E-state index in [1.165, 1.54) is 4.31 Å². The van der Waals surface area contributed by atoms with Crippen molar-refractivity contribution in [2.75, 3.05) is 21.8 Å². The van der Waals surface area contributed by atoms with Crippen molar-refractivity contribution in [1.82, 2.24) is 0 Å². The van der Waals surface area contributed by atoms with Crippen molar-refractivity contribution in [2.45, 2.75) is 38.5 Å². The maximum Gasteiger partial charge on any atom is 0.264 e. The molecule has 0 saturated carbocycles. The molecule has 8 heteroatoms. The fourth-order valence-electron chi connectivity index (χ4n) is 3.82. The van der Waals surface area contributed by atoms with Crippen molar-refractivity contribution < 1.29 is 16.8 Å². The molecule has 0 unspecified atom stereocenters. The largest absolute Gasteiger partial charge is 0.283 e. The molecule has 2 aromatic carbocycles. The molecule has 6 nitrogen and oxygen atoms in total. The molecule has 146 valence electrons. The van der Waals surface area contributed by atoms with Crippen LogP contribution < -0.4 is 9.03 Å². The minimum absolute atomic E-state index is 0.322. The molecular weight excluding hydrogens is 384 g/mol. The van der Waals surface area contributed by atoms with Gasteiger partial charge in [-0.1, -0.05) is 23.8 Å². The molecule has 1 aliphatic heterocycles. The van der Waals surface area contributed by atoms with Gasteiger partial charge >= 0.3 is 0 Å². The quantitative estimate of drug-likeness (QED) is 0.842. The van der Waals surface area contributed by atoms with Crippen LogP contribution in [0, 0.1) is 20.8 Å². The van der Waals surface area contributed by atoms with Crippen LogP contribution in [-0.2, 0) is 26.5 Å². The van der Waals surface area contributed by atoms with Gasteiger partial charge in [0.1, 0.15) is 0 Å². The third-order valence-corrected chi connectivity index (χ3v) is 7.37. The van der Waals surface area contributed by atoms with Crippen LogP contribution in [0.15, 0.2) is 35.2 Å². The lowest BCUT2D eigenvalue weighted by molar-refractivity contribution is 0.585. The summed E-state index contributed by atoms with van der Waals surface area (Å²) < 4.78 is 54.2. The summed E-state index contributed by atoms with van der Waals surface area (Å²) >= 11 is 0. The van der Waals surface area contributed by atoms with Crippen molar-refractivity contribution in [2.24, 2.45) is 0 Å². The highest BCUT2D eigenvalue weighted by Crippen LogP contribution is 2.37. The molecule has 3 rings (SSSR count). The molecule has 0 atom stereocenters. The molecule has 0 amide bonds. The van der Waals surface area contributed by atoms with Crippen LogP contribution in [0.3, 0.4) is 0 Å². The van der Waals surface area contributed by atoms with Gasteiger partial charge in [0.15, 0.2) is 0 Å². The first kappa shape index (κ1) is 19.7. The lowest BCUT2D eigenvalue weighted by Gasteiger charge is -2.32. The minimum atomic E-state index is -3.76. The summed E-state index contributed by atoms with van der Waals surface area (Å²) in [4.78, 5) is 0.322. The maximum atomic E-state index is 13.5. The Morgan fingerprint density at radius 3 is 2.22 bits per heavy atom. The van der Waals surface area contributed by atoms with Gasteiger partial charge in [-0.3, -0.25) is 9.03 Å². The van der Waals surface area contributed by atoms with Crippen molar-refractivity contribution in [3.05, 3.63) is 52.6 Å². The van der Waals surface area contributed by atoms with Gasteiger partial charge in [-0.15, -0.1) is 0 Å². The molecule has 0 radical (unpaired) electrons. The fourth-order valence-corrected chi connectivity index (χ4v) is 6.36. The van der Waals surface area contributed by atoms with Gasteiger partial charge < -0.3 is 0 Å². The first-order valence-electron chi connectivity index (χ1n) is 8.71. The summed E-state index contributed by atoms with van der Waals surface area (Å²) in [5, 5.41) is 0. The summed E-state index contributed by atoms with van der Waals surface area (Å²) in [6, 6.07) is 8.81. The van der Waals surface area contributed by atoms with Gasteiger partial charge in [-0.05, 0) is 56.9 Å². The van der Waals surface area contributed by atoms with Crippen LogP contribution in [-0.4, -0.2) is 29.6 Å². The average Bonchev–Trinajstić information content (AvgIpc) is 2.51. The predicted octanol–water partition coefficient (Wildman–Crippen LogP) is 3.12. The zero-order valence-electron chi connectivity index (χ0n) is 15.9. The number of hydrogen-bond acceptors (Lipinski definition) is 4. The van der Waals surface area contributed by atoms with E-state index in [9.17, 15) is 16.8 Å². The highest BCUT2D eigenvalue weighted by Gasteiger charge is 2.32. The smallest absolute Gasteiger partial charge is 0.264 e. The second-order valence-corrected chi connectivity index (χ2v) is 10.6. The Morgan fingerprint density at radius 1 is 1.00 bits per heavy atom. The third-order valence-electron chi connectivity index (χ3n) is 4.66. The topological polar surface area (TPSA) is 83.6 Å². The van der Waals surface area contributed by atoms with E-state index in [2.05, 4.69) is 4.72 Å². The van der Waals surface area contributed by atoms with Crippen molar-refractivity contribution in [3.8, 4) is 0 Å². The van der Waals surface area contributed by atoms with E-state index in [4.69, 9.17) is 0 Å². The lowest BCUT2D eigenvalue weighted by Crippen LogP contribution is -2.36. The lowest BCUT2D eigenvalue weighted by atomic mass is 10.0. The Balaban J connectivity index is 2.15. The molecule has 1 heterocycles. The third kappa shape index (κ3) is 3.82. The number of sulfonamides is 2. The zero-order chi connectivity index (χ0) is 20.0. The first-order chi connectivity index (χ1) is 12.5. The zero-order valence-corrected chi connectivity index (χ0v) is 17.5. The molecule has 1 aliphatic rings. The van der Waals surface area contributed by atoms with Gasteiger partial charge in [-0.25, -0.2) is 16.8 Å². The Labute approximate surface area is 161 Å². The Kier molecular flexibility index (Phi) is 4.98. The van der Waals surface area contributed by atoms with Crippen LogP contribution in [0.2, 0.25) is 0 Å². The van der Waals surface area contributed by atoms with E-state index in [-0.39, 0.29) is 0 Å². The first-order valence-corrected chi connectivity index (χ1v) is 12.0. The average molecular weight is 409 g/mol. The molecule has 0 spiro atoms. The molecule has 0 aliphatic carbocycles. The normalized spacial score (nSPS) is 14.7. The summed E-state index contributed by atoms with van der Waals surface area (Å²) in [6.07, 6.45) is 2.33. The standard InChI is InChI=1S/C19H24N2O4S2/c1-13-11-14(2)19(15(3)12-13)27(24,25)21-10-6-7-16-17(20-26(4,22)23)8-5-9-18(16)21/h5,8-9,11-12,20H,6-7,10H2,1-4H3. The highest BCUT2D eigenvalue weighted by molar-refractivity contribution is 7.93. The molecule has 0 aromatic heterocycles. The number of aryl methyl sites for hydroxylation is 3. The van der Waals surface area contributed by atoms with Gasteiger partial charge in [0.2, 0.25) is 10.0 Å². The Morgan fingerprint density at radius 2 is 1.63 bits per heavy atom. The van der Waals surface area contributed by atoms with E-state index >= 15 is 0 Å². The van der Waals surface area contributed by atoms with E-state index in [0.29, 0.717) is 52.3 Å². The van der Waals surface area contributed by atoms with Gasteiger partial charge in [-0.2, -0.15) is 0 Å². The minimum Gasteiger partial charge on any atom is -0.283 e. The van der Waals surface area contributed by atoms with Crippen LogP contribution in [0.5, 0.6) is 0 Å². The van der Waals surface area contributed by atoms with Gasteiger partial charge in [0.25, 0.3) is 10.0 Å². The van der Waals surface area contributed by atoms with Crippen molar-refractivity contribution in [1.29, 1.82) is 0 Å². The predicted molar refractivity (Wildman–Crippen MR) is 108 cm³/mol. The second kappa shape index (κ2) is 6.83. The SMILES string of the molecule is Cc1cc(C)c(S(=O)(=O)N2CCCc3c(NS(C)(=O)=O)cccc32)c(C)c1. The summed E-state index contributed by atoms with van der Waals surface area (Å²) in [5.74, 6) is 0. The number of benzene rings is 2. The highest BCUT2D eigenvalue weighted by atomic mass is 32.2. The Bertz CT molecular complexity index is 1080. The van der Waals surface area contributed by atoms with E-state index in [0.717, 1.165) is 11.8 Å². The number of hydrogen-bond donors (Lipinski definition) is 1. The summed E-state index contributed by atoms with van der Waals surface area (Å²) in [7, 11) is -7.21. The van der Waals surface area contributed by atoms with Crippen LogP contribution in [0.25, 0.3) is 0 Å². The van der Waals surface area contributed by atoms with Crippen molar-refractivity contribution in [3.63, 3.8) is 0 Å². The number of rotatable bonds is 4. The summed E-state index contributed by atoms with van der Waals surface area (Å²) in [5.41, 5.74) is 4.12. The monoisotopic (exact) mass is 408 g/mol. The molecule has 2 aromatic rings. The molecular formula is C19H24N2O4S2. The molecule has 0 fully saturated rings. The van der Waals surface area contributed by atoms with Gasteiger partial charge in [0, 0.05) is 12.1 Å². The number of anilines is 2. The Hall–Kier alpha value is -2.06. The molecule has 27 heavy (non-hydrogen) atoms. The van der Waals surface area contributed by atoms with E-state index in [1.807, 2.05) is 19.1 Å². The number of nitrogens with zero attached hydrogens (tertiary/aromatic N) is 1. The molecule has 1 N–H and O–H groups in total. The number of nitrogens with one attached hydrogen (secondary N) is 1. The van der Waals surface area contributed by atoms with Crippen LogP contribution >= 0.6 is 0 Å². The van der Waals surface area contributed by atoms with Crippen LogP contribution in [0.4, 0.5) is 11.4 Å². The molecule has 0 bridgehead atoms. The van der Waals surface area contributed by atoms with Gasteiger partial charge in [0.05, 0.1) is 22.5 Å². The van der Waals surface area contributed by atoms with E-state index in [1.54, 1.807) is 32.0 Å². The maximum absolute atomic E-state index is 13.5.